The molecule has 2 rings (SSSR count). The molecule has 1 unspecified atom stereocenters. The Bertz CT molecular complexity index is 348. The number of hydrogen-bond donors (Lipinski definition) is 1. The van der Waals surface area contributed by atoms with Gasteiger partial charge >= 0.3 is 0 Å². The van der Waals surface area contributed by atoms with Gasteiger partial charge in [-0.25, -0.2) is 4.98 Å². The van der Waals surface area contributed by atoms with E-state index >= 15 is 0 Å². The SMILES string of the molecule is CN(C)C1CCCN(c2cnc(CN)cn2)C1. The third-order valence-electron chi connectivity index (χ3n) is 3.35. The number of piperidine rings is 1. The number of nitrogens with zero attached hydrogens (tertiary/aromatic N) is 4. The van der Waals surface area contributed by atoms with Crippen LogP contribution in [0.2, 0.25) is 0 Å². The monoisotopic (exact) mass is 235 g/mol. The quantitative estimate of drug-likeness (QED) is 0.825. The van der Waals surface area contributed by atoms with Crippen molar-refractivity contribution in [1.29, 1.82) is 0 Å². The lowest BCUT2D eigenvalue weighted by atomic mass is 10.1. The first-order valence-electron chi connectivity index (χ1n) is 6.13. The Morgan fingerprint density at radius 1 is 1.41 bits per heavy atom. The number of hydrogen-bond acceptors (Lipinski definition) is 5. The van der Waals surface area contributed by atoms with Crippen molar-refractivity contribution in [1.82, 2.24) is 14.9 Å². The van der Waals surface area contributed by atoms with Gasteiger partial charge in [-0.2, -0.15) is 0 Å². The van der Waals surface area contributed by atoms with Crippen LogP contribution in [0.4, 0.5) is 5.82 Å². The van der Waals surface area contributed by atoms with Gasteiger partial charge in [0, 0.05) is 25.7 Å². The van der Waals surface area contributed by atoms with Crippen molar-refractivity contribution in [3.63, 3.8) is 0 Å². The maximum absolute atomic E-state index is 5.52. The standard InChI is InChI=1S/C12H21N5/c1-16(2)11-4-3-5-17(9-11)12-8-14-10(6-13)7-15-12/h7-8,11H,3-6,9,13H2,1-2H3. The van der Waals surface area contributed by atoms with Crippen LogP contribution in [-0.2, 0) is 6.54 Å². The van der Waals surface area contributed by atoms with Crippen LogP contribution >= 0.6 is 0 Å². The Morgan fingerprint density at radius 2 is 2.24 bits per heavy atom. The molecule has 94 valence electrons. The summed E-state index contributed by atoms with van der Waals surface area (Å²) >= 11 is 0. The van der Waals surface area contributed by atoms with Gasteiger partial charge in [-0.3, -0.25) is 4.98 Å². The molecule has 17 heavy (non-hydrogen) atoms. The Balaban J connectivity index is 2.05. The van der Waals surface area contributed by atoms with Crippen molar-refractivity contribution >= 4 is 5.82 Å². The Kier molecular flexibility index (Phi) is 3.91. The van der Waals surface area contributed by atoms with E-state index in [1.807, 2.05) is 6.20 Å². The fourth-order valence-corrected chi connectivity index (χ4v) is 2.20. The van der Waals surface area contributed by atoms with Gasteiger partial charge in [-0.05, 0) is 26.9 Å². The molecule has 1 aliphatic heterocycles. The molecule has 1 aromatic heterocycles. The summed E-state index contributed by atoms with van der Waals surface area (Å²) in [6.07, 6.45) is 6.08. The molecule has 1 atom stereocenters. The molecule has 0 saturated carbocycles. The molecule has 0 aliphatic carbocycles. The average Bonchev–Trinajstić information content (AvgIpc) is 2.39. The molecule has 5 nitrogen and oxygen atoms in total. The molecule has 1 saturated heterocycles. The largest absolute Gasteiger partial charge is 0.354 e. The highest BCUT2D eigenvalue weighted by molar-refractivity contribution is 5.36. The molecule has 5 heteroatoms. The molecule has 2 N–H and O–H groups in total. The maximum atomic E-state index is 5.52. The van der Waals surface area contributed by atoms with E-state index in [1.54, 1.807) is 6.20 Å². The smallest absolute Gasteiger partial charge is 0.147 e. The third-order valence-corrected chi connectivity index (χ3v) is 3.35. The predicted molar refractivity (Wildman–Crippen MR) is 68.8 cm³/mol. The summed E-state index contributed by atoms with van der Waals surface area (Å²) in [6.45, 7) is 2.55. The number of rotatable bonds is 3. The lowest BCUT2D eigenvalue weighted by molar-refractivity contribution is 0.257. The highest BCUT2D eigenvalue weighted by Gasteiger charge is 2.22. The molecular weight excluding hydrogens is 214 g/mol. The third kappa shape index (κ3) is 2.92. The fraction of sp³-hybridized carbons (Fsp3) is 0.667. The molecule has 1 aliphatic rings. The molecule has 0 spiro atoms. The molecule has 0 aromatic carbocycles. The van der Waals surface area contributed by atoms with Crippen LogP contribution in [0.1, 0.15) is 18.5 Å². The van der Waals surface area contributed by atoms with E-state index in [-0.39, 0.29) is 0 Å². The van der Waals surface area contributed by atoms with Crippen molar-refractivity contribution in [3.05, 3.63) is 18.1 Å². The average molecular weight is 235 g/mol. The zero-order chi connectivity index (χ0) is 12.3. The first kappa shape index (κ1) is 12.3. The number of aromatic nitrogens is 2. The van der Waals surface area contributed by atoms with Crippen LogP contribution in [-0.4, -0.2) is 48.1 Å². The van der Waals surface area contributed by atoms with Gasteiger partial charge in [0.25, 0.3) is 0 Å². The topological polar surface area (TPSA) is 58.3 Å². The molecule has 0 radical (unpaired) electrons. The second kappa shape index (κ2) is 5.42. The highest BCUT2D eigenvalue weighted by Crippen LogP contribution is 2.18. The second-order valence-electron chi connectivity index (χ2n) is 4.78. The van der Waals surface area contributed by atoms with Crippen LogP contribution in [0.25, 0.3) is 0 Å². The van der Waals surface area contributed by atoms with Gasteiger partial charge in [0.15, 0.2) is 0 Å². The summed E-state index contributed by atoms with van der Waals surface area (Å²) in [5.74, 6) is 0.966. The van der Waals surface area contributed by atoms with Gasteiger partial charge in [-0.15, -0.1) is 0 Å². The Labute approximate surface area is 103 Å². The van der Waals surface area contributed by atoms with E-state index in [1.165, 1.54) is 12.8 Å². The van der Waals surface area contributed by atoms with E-state index in [4.69, 9.17) is 5.73 Å². The van der Waals surface area contributed by atoms with Gasteiger partial charge < -0.3 is 15.5 Å². The summed E-state index contributed by atoms with van der Waals surface area (Å²) in [5, 5.41) is 0. The zero-order valence-corrected chi connectivity index (χ0v) is 10.6. The minimum Gasteiger partial charge on any atom is -0.354 e. The Morgan fingerprint density at radius 3 is 2.82 bits per heavy atom. The molecule has 0 bridgehead atoms. The predicted octanol–water partition coefficient (Wildman–Crippen LogP) is 0.466. The molecular formula is C12H21N5. The number of likely N-dealkylation sites (N-methyl/N-ethyl adjacent to an activating group) is 1. The van der Waals surface area contributed by atoms with Crippen LogP contribution in [0.15, 0.2) is 12.4 Å². The molecule has 1 aromatic rings. The first-order chi connectivity index (χ1) is 8.20. The van der Waals surface area contributed by atoms with Gasteiger partial charge in [0.05, 0.1) is 18.1 Å². The Hall–Kier alpha value is -1.20. The van der Waals surface area contributed by atoms with Crippen molar-refractivity contribution in [2.75, 3.05) is 32.1 Å². The number of anilines is 1. The molecule has 2 heterocycles. The first-order valence-corrected chi connectivity index (χ1v) is 6.13. The summed E-state index contributed by atoms with van der Waals surface area (Å²) < 4.78 is 0. The summed E-state index contributed by atoms with van der Waals surface area (Å²) in [5.41, 5.74) is 6.36. The van der Waals surface area contributed by atoms with Crippen molar-refractivity contribution in [2.45, 2.75) is 25.4 Å². The van der Waals surface area contributed by atoms with Crippen LogP contribution in [0, 0.1) is 0 Å². The lowest BCUT2D eigenvalue weighted by Gasteiger charge is -2.36. The zero-order valence-electron chi connectivity index (χ0n) is 10.6. The van der Waals surface area contributed by atoms with Gasteiger partial charge in [0.2, 0.25) is 0 Å². The summed E-state index contributed by atoms with van der Waals surface area (Å²) in [4.78, 5) is 13.3. The van der Waals surface area contributed by atoms with Crippen molar-refractivity contribution in [3.8, 4) is 0 Å². The highest BCUT2D eigenvalue weighted by atomic mass is 15.2. The van der Waals surface area contributed by atoms with Crippen LogP contribution in [0.3, 0.4) is 0 Å². The second-order valence-corrected chi connectivity index (χ2v) is 4.78. The van der Waals surface area contributed by atoms with E-state index in [0.717, 1.165) is 24.6 Å². The van der Waals surface area contributed by atoms with E-state index in [2.05, 4.69) is 33.9 Å². The molecule has 1 fully saturated rings. The van der Waals surface area contributed by atoms with E-state index in [0.29, 0.717) is 12.6 Å². The maximum Gasteiger partial charge on any atom is 0.147 e. The van der Waals surface area contributed by atoms with Crippen LogP contribution in [0.5, 0.6) is 0 Å². The fourth-order valence-electron chi connectivity index (χ4n) is 2.20. The van der Waals surface area contributed by atoms with Gasteiger partial charge in [-0.1, -0.05) is 0 Å². The lowest BCUT2D eigenvalue weighted by Crippen LogP contribution is -2.45. The van der Waals surface area contributed by atoms with Crippen molar-refractivity contribution < 1.29 is 0 Å². The van der Waals surface area contributed by atoms with E-state index < -0.39 is 0 Å². The minimum absolute atomic E-state index is 0.452. The normalized spacial score (nSPS) is 20.9. The van der Waals surface area contributed by atoms with Gasteiger partial charge in [0.1, 0.15) is 5.82 Å². The van der Waals surface area contributed by atoms with Crippen molar-refractivity contribution in [2.24, 2.45) is 5.73 Å². The number of nitrogens with two attached hydrogens (primary N) is 1. The molecule has 0 amide bonds. The summed E-state index contributed by atoms with van der Waals surface area (Å²) in [7, 11) is 4.27. The summed E-state index contributed by atoms with van der Waals surface area (Å²) in [6, 6.07) is 0.611. The van der Waals surface area contributed by atoms with E-state index in [9.17, 15) is 0 Å². The minimum atomic E-state index is 0.452. The van der Waals surface area contributed by atoms with Crippen LogP contribution < -0.4 is 10.6 Å².